The van der Waals surface area contributed by atoms with Crippen LogP contribution in [0, 0.1) is 5.82 Å². The molecular formula is C15H14ClFN2O3S. The summed E-state index contributed by atoms with van der Waals surface area (Å²) in [4.78, 5) is 11.6. The van der Waals surface area contributed by atoms with Crippen molar-refractivity contribution in [3.63, 3.8) is 0 Å². The van der Waals surface area contributed by atoms with Crippen molar-refractivity contribution in [2.75, 3.05) is 6.54 Å². The summed E-state index contributed by atoms with van der Waals surface area (Å²) >= 11 is 5.83. The number of benzene rings is 2. The average Bonchev–Trinajstić information content (AvgIpc) is 2.53. The van der Waals surface area contributed by atoms with E-state index in [1.165, 1.54) is 42.5 Å². The Kier molecular flexibility index (Phi) is 5.70. The van der Waals surface area contributed by atoms with Gasteiger partial charge in [0.1, 0.15) is 10.7 Å². The average molecular weight is 357 g/mol. The third-order valence-corrected chi connectivity index (χ3v) is 4.85. The van der Waals surface area contributed by atoms with Crippen molar-refractivity contribution in [2.24, 2.45) is 0 Å². The zero-order valence-corrected chi connectivity index (χ0v) is 13.5. The highest BCUT2D eigenvalue weighted by molar-refractivity contribution is 7.89. The molecule has 0 aliphatic carbocycles. The number of halogens is 2. The van der Waals surface area contributed by atoms with E-state index in [-0.39, 0.29) is 22.3 Å². The van der Waals surface area contributed by atoms with Crippen LogP contribution in [0.25, 0.3) is 0 Å². The lowest BCUT2D eigenvalue weighted by atomic mass is 10.2. The van der Waals surface area contributed by atoms with Crippen molar-refractivity contribution >= 4 is 27.5 Å². The molecule has 2 aromatic rings. The van der Waals surface area contributed by atoms with E-state index >= 15 is 0 Å². The number of carbonyl (C=O) groups excluding carboxylic acids is 1. The SMILES string of the molecule is O=C(CNS(=O)(=O)c1ccccc1Cl)NCc1ccc(F)cc1. The van der Waals surface area contributed by atoms with Crippen LogP contribution in [0.15, 0.2) is 53.4 Å². The van der Waals surface area contributed by atoms with Crippen molar-refractivity contribution in [1.82, 2.24) is 10.0 Å². The monoisotopic (exact) mass is 356 g/mol. The smallest absolute Gasteiger partial charge is 0.242 e. The Bertz CT molecular complexity index is 795. The van der Waals surface area contributed by atoms with E-state index in [0.29, 0.717) is 5.56 Å². The summed E-state index contributed by atoms with van der Waals surface area (Å²) in [6.07, 6.45) is 0. The lowest BCUT2D eigenvalue weighted by Crippen LogP contribution is -2.36. The zero-order chi connectivity index (χ0) is 16.9. The minimum atomic E-state index is -3.87. The van der Waals surface area contributed by atoms with Crippen LogP contribution in [0.5, 0.6) is 0 Å². The van der Waals surface area contributed by atoms with E-state index in [0.717, 1.165) is 0 Å². The number of nitrogens with one attached hydrogen (secondary N) is 2. The molecule has 2 aromatic carbocycles. The predicted octanol–water partition coefficient (Wildman–Crippen LogP) is 2.07. The van der Waals surface area contributed by atoms with Crippen LogP contribution < -0.4 is 10.0 Å². The van der Waals surface area contributed by atoms with Crippen LogP contribution in [0.3, 0.4) is 0 Å². The Labute approximate surface area is 138 Å². The van der Waals surface area contributed by atoms with Crippen LogP contribution in [0.4, 0.5) is 4.39 Å². The van der Waals surface area contributed by atoms with Crippen molar-refractivity contribution in [1.29, 1.82) is 0 Å². The first-order valence-electron chi connectivity index (χ1n) is 6.64. The minimum absolute atomic E-state index is 0.0757. The molecule has 2 N–H and O–H groups in total. The highest BCUT2D eigenvalue weighted by atomic mass is 35.5. The quantitative estimate of drug-likeness (QED) is 0.832. The van der Waals surface area contributed by atoms with Crippen LogP contribution in [0.2, 0.25) is 5.02 Å². The molecule has 8 heteroatoms. The van der Waals surface area contributed by atoms with Gasteiger partial charge in [-0.2, -0.15) is 0 Å². The van der Waals surface area contributed by atoms with Crippen LogP contribution in [0.1, 0.15) is 5.56 Å². The number of rotatable bonds is 6. The van der Waals surface area contributed by atoms with Crippen LogP contribution in [-0.4, -0.2) is 20.9 Å². The molecule has 0 fully saturated rings. The Morgan fingerprint density at radius 3 is 2.39 bits per heavy atom. The van der Waals surface area contributed by atoms with E-state index in [1.807, 2.05) is 0 Å². The minimum Gasteiger partial charge on any atom is -0.351 e. The summed E-state index contributed by atoms with van der Waals surface area (Å²) in [7, 11) is -3.87. The van der Waals surface area contributed by atoms with Gasteiger partial charge in [-0.25, -0.2) is 17.5 Å². The second-order valence-corrected chi connectivity index (χ2v) is 6.80. The molecule has 0 atom stereocenters. The molecule has 0 aliphatic rings. The van der Waals surface area contributed by atoms with Gasteiger partial charge in [0.15, 0.2) is 0 Å². The lowest BCUT2D eigenvalue weighted by molar-refractivity contribution is -0.120. The molecular weight excluding hydrogens is 343 g/mol. The zero-order valence-electron chi connectivity index (χ0n) is 11.9. The second-order valence-electron chi connectivity index (χ2n) is 4.66. The second kappa shape index (κ2) is 7.54. The standard InChI is InChI=1S/C15H14ClFN2O3S/c16-13-3-1-2-4-14(13)23(21,22)19-10-15(20)18-9-11-5-7-12(17)8-6-11/h1-8,19H,9-10H2,(H,18,20). The highest BCUT2D eigenvalue weighted by Gasteiger charge is 2.18. The Balaban J connectivity index is 1.89. The normalized spacial score (nSPS) is 11.2. The van der Waals surface area contributed by atoms with Gasteiger partial charge in [0.05, 0.1) is 11.6 Å². The van der Waals surface area contributed by atoms with E-state index in [1.54, 1.807) is 6.07 Å². The molecule has 23 heavy (non-hydrogen) atoms. The Morgan fingerprint density at radius 2 is 1.74 bits per heavy atom. The Morgan fingerprint density at radius 1 is 1.09 bits per heavy atom. The fourth-order valence-corrected chi connectivity index (χ4v) is 3.27. The first-order chi connectivity index (χ1) is 10.9. The van der Waals surface area contributed by atoms with E-state index in [9.17, 15) is 17.6 Å². The van der Waals surface area contributed by atoms with Gasteiger partial charge in [0, 0.05) is 6.54 Å². The third-order valence-electron chi connectivity index (χ3n) is 2.95. The van der Waals surface area contributed by atoms with Gasteiger partial charge in [-0.3, -0.25) is 4.79 Å². The first-order valence-corrected chi connectivity index (χ1v) is 8.50. The van der Waals surface area contributed by atoms with Gasteiger partial charge in [-0.15, -0.1) is 0 Å². The van der Waals surface area contributed by atoms with Crippen molar-refractivity contribution in [3.8, 4) is 0 Å². The van der Waals surface area contributed by atoms with Gasteiger partial charge >= 0.3 is 0 Å². The molecule has 1 amide bonds. The topological polar surface area (TPSA) is 75.3 Å². The van der Waals surface area contributed by atoms with E-state index in [2.05, 4.69) is 10.0 Å². The number of hydrogen-bond acceptors (Lipinski definition) is 3. The van der Waals surface area contributed by atoms with E-state index < -0.39 is 22.5 Å². The van der Waals surface area contributed by atoms with Crippen molar-refractivity contribution < 1.29 is 17.6 Å². The lowest BCUT2D eigenvalue weighted by Gasteiger charge is -2.09. The summed E-state index contributed by atoms with van der Waals surface area (Å²) in [6.45, 7) is -0.248. The molecule has 0 aromatic heterocycles. The molecule has 0 heterocycles. The maximum atomic E-state index is 12.8. The number of hydrogen-bond donors (Lipinski definition) is 2. The van der Waals surface area contributed by atoms with E-state index in [4.69, 9.17) is 11.6 Å². The van der Waals surface area contributed by atoms with Gasteiger partial charge in [-0.05, 0) is 29.8 Å². The predicted molar refractivity (Wildman–Crippen MR) is 84.9 cm³/mol. The summed E-state index contributed by atoms with van der Waals surface area (Å²) in [5, 5.41) is 2.61. The van der Waals surface area contributed by atoms with Crippen LogP contribution >= 0.6 is 11.6 Å². The molecule has 5 nitrogen and oxygen atoms in total. The highest BCUT2D eigenvalue weighted by Crippen LogP contribution is 2.19. The molecule has 0 aliphatic heterocycles. The molecule has 0 spiro atoms. The number of sulfonamides is 1. The van der Waals surface area contributed by atoms with Gasteiger partial charge in [0.25, 0.3) is 0 Å². The summed E-state index contributed by atoms with van der Waals surface area (Å²) in [5.74, 6) is -0.877. The molecule has 0 radical (unpaired) electrons. The maximum Gasteiger partial charge on any atom is 0.242 e. The summed E-state index contributed by atoms with van der Waals surface area (Å²) < 4.78 is 39.0. The number of amides is 1. The molecule has 122 valence electrons. The number of carbonyl (C=O) groups is 1. The summed E-state index contributed by atoms with van der Waals surface area (Å²) in [5.41, 5.74) is 0.703. The third kappa shape index (κ3) is 5.02. The van der Waals surface area contributed by atoms with Crippen molar-refractivity contribution in [3.05, 3.63) is 64.9 Å². The maximum absolute atomic E-state index is 12.8. The van der Waals surface area contributed by atoms with Crippen LogP contribution in [-0.2, 0) is 21.4 Å². The fourth-order valence-electron chi connectivity index (χ4n) is 1.77. The molecule has 0 unspecified atom stereocenters. The largest absolute Gasteiger partial charge is 0.351 e. The van der Waals surface area contributed by atoms with Crippen molar-refractivity contribution in [2.45, 2.75) is 11.4 Å². The van der Waals surface area contributed by atoms with Gasteiger partial charge in [-0.1, -0.05) is 35.9 Å². The van der Waals surface area contributed by atoms with Gasteiger partial charge in [0.2, 0.25) is 15.9 Å². The fraction of sp³-hybridized carbons (Fsp3) is 0.133. The summed E-state index contributed by atoms with van der Waals surface area (Å²) in [6, 6.07) is 11.6. The molecule has 0 saturated carbocycles. The van der Waals surface area contributed by atoms with Gasteiger partial charge < -0.3 is 5.32 Å². The molecule has 0 saturated heterocycles. The first kappa shape index (κ1) is 17.4. The molecule has 0 bridgehead atoms. The molecule has 2 rings (SSSR count). The Hall–Kier alpha value is -1.96.